The van der Waals surface area contributed by atoms with Gasteiger partial charge in [0.05, 0.1) is 0 Å². The van der Waals surface area contributed by atoms with Crippen LogP contribution in [0.2, 0.25) is 0 Å². The lowest BCUT2D eigenvalue weighted by atomic mass is 9.72. The fourth-order valence-electron chi connectivity index (χ4n) is 3.46. The third kappa shape index (κ3) is 7.66. The third-order valence-electron chi connectivity index (χ3n) is 5.15. The Bertz CT molecular complexity index is 687. The van der Waals surface area contributed by atoms with Gasteiger partial charge in [-0.25, -0.2) is 0 Å². The monoisotopic (exact) mass is 370 g/mol. The lowest BCUT2D eigenvalue weighted by Gasteiger charge is -2.33. The SMILES string of the molecule is CC(C)(C)CC(C)(C)c1ccc(O)cc1.CCC(C)(C)c1ccc(O)cc1. The number of hydrogen-bond acceptors (Lipinski definition) is 2. The van der Waals surface area contributed by atoms with Crippen molar-refractivity contribution in [3.63, 3.8) is 0 Å². The number of rotatable bonds is 4. The molecule has 2 rings (SSSR count). The molecule has 0 radical (unpaired) electrons. The molecule has 0 spiro atoms. The summed E-state index contributed by atoms with van der Waals surface area (Å²) in [6.45, 7) is 17.9. The van der Waals surface area contributed by atoms with Gasteiger partial charge in [0.25, 0.3) is 0 Å². The summed E-state index contributed by atoms with van der Waals surface area (Å²) in [6.07, 6.45) is 2.24. The maximum Gasteiger partial charge on any atom is 0.115 e. The Morgan fingerprint density at radius 1 is 0.593 bits per heavy atom. The van der Waals surface area contributed by atoms with Crippen molar-refractivity contribution in [3.8, 4) is 11.5 Å². The molecule has 0 heterocycles. The van der Waals surface area contributed by atoms with Crippen LogP contribution in [0.4, 0.5) is 0 Å². The highest BCUT2D eigenvalue weighted by molar-refractivity contribution is 5.31. The minimum absolute atomic E-state index is 0.159. The van der Waals surface area contributed by atoms with Crippen molar-refractivity contribution in [2.24, 2.45) is 5.41 Å². The van der Waals surface area contributed by atoms with E-state index < -0.39 is 0 Å². The summed E-state index contributed by atoms with van der Waals surface area (Å²) >= 11 is 0. The van der Waals surface area contributed by atoms with Gasteiger partial charge in [-0.1, -0.05) is 79.7 Å². The Balaban J connectivity index is 0.000000277. The predicted molar refractivity (Wildman–Crippen MR) is 117 cm³/mol. The molecule has 0 aromatic heterocycles. The molecule has 2 aromatic rings. The van der Waals surface area contributed by atoms with E-state index in [0.717, 1.165) is 12.8 Å². The molecule has 0 unspecified atom stereocenters. The molecule has 2 nitrogen and oxygen atoms in total. The summed E-state index contributed by atoms with van der Waals surface area (Å²) in [7, 11) is 0. The Morgan fingerprint density at radius 2 is 0.926 bits per heavy atom. The predicted octanol–water partition coefficient (Wildman–Crippen LogP) is 7.19. The van der Waals surface area contributed by atoms with E-state index in [-0.39, 0.29) is 10.8 Å². The highest BCUT2D eigenvalue weighted by atomic mass is 16.3. The van der Waals surface area contributed by atoms with Crippen LogP contribution in [-0.4, -0.2) is 10.2 Å². The lowest BCUT2D eigenvalue weighted by Crippen LogP contribution is -2.24. The van der Waals surface area contributed by atoms with Crippen molar-refractivity contribution in [2.75, 3.05) is 0 Å². The van der Waals surface area contributed by atoms with Crippen molar-refractivity contribution in [1.29, 1.82) is 0 Å². The second kappa shape index (κ2) is 8.82. The zero-order valence-corrected chi connectivity index (χ0v) is 18.4. The maximum absolute atomic E-state index is 9.25. The van der Waals surface area contributed by atoms with Crippen molar-refractivity contribution in [1.82, 2.24) is 0 Å². The van der Waals surface area contributed by atoms with Gasteiger partial charge in [-0.2, -0.15) is 0 Å². The number of hydrogen-bond donors (Lipinski definition) is 2. The van der Waals surface area contributed by atoms with Crippen LogP contribution in [0.25, 0.3) is 0 Å². The van der Waals surface area contributed by atoms with E-state index in [9.17, 15) is 5.11 Å². The highest BCUT2D eigenvalue weighted by Crippen LogP contribution is 2.36. The molecular weight excluding hydrogens is 332 g/mol. The molecule has 0 atom stereocenters. The molecule has 0 aliphatic carbocycles. The van der Waals surface area contributed by atoms with E-state index in [2.05, 4.69) is 55.4 Å². The summed E-state index contributed by atoms with van der Waals surface area (Å²) < 4.78 is 0. The van der Waals surface area contributed by atoms with E-state index in [1.54, 1.807) is 24.3 Å². The van der Waals surface area contributed by atoms with Crippen LogP contribution in [-0.2, 0) is 10.8 Å². The minimum atomic E-state index is 0.159. The van der Waals surface area contributed by atoms with Crippen LogP contribution >= 0.6 is 0 Å². The molecule has 2 aromatic carbocycles. The van der Waals surface area contributed by atoms with E-state index in [0.29, 0.717) is 16.9 Å². The standard InChI is InChI=1S/C14H22O.C11H16O/c1-13(2,3)10-14(4,5)11-6-8-12(15)9-7-11;1-4-11(2,3)9-5-7-10(12)8-6-9/h6-9,15H,10H2,1-5H3;5-8,12H,4H2,1-3H3. The fourth-order valence-corrected chi connectivity index (χ4v) is 3.46. The van der Waals surface area contributed by atoms with E-state index in [1.165, 1.54) is 11.1 Å². The topological polar surface area (TPSA) is 40.5 Å². The molecular formula is C25H38O2. The number of phenolic OH excluding ortho intramolecular Hbond substituents is 2. The Morgan fingerprint density at radius 3 is 1.22 bits per heavy atom. The minimum Gasteiger partial charge on any atom is -0.508 e. The molecule has 0 aliphatic heterocycles. The average molecular weight is 371 g/mol. The first kappa shape index (κ1) is 23.1. The maximum atomic E-state index is 9.25. The van der Waals surface area contributed by atoms with Crippen LogP contribution in [0.5, 0.6) is 11.5 Å². The van der Waals surface area contributed by atoms with Gasteiger partial charge in [0, 0.05) is 0 Å². The second-order valence-corrected chi connectivity index (χ2v) is 9.95. The molecule has 0 aliphatic rings. The van der Waals surface area contributed by atoms with Crippen LogP contribution in [0, 0.1) is 5.41 Å². The van der Waals surface area contributed by atoms with Crippen LogP contribution in [0.15, 0.2) is 48.5 Å². The fraction of sp³-hybridized carbons (Fsp3) is 0.520. The number of aromatic hydroxyl groups is 2. The summed E-state index contributed by atoms with van der Waals surface area (Å²) in [6, 6.07) is 15.0. The van der Waals surface area contributed by atoms with Crippen molar-refractivity contribution < 1.29 is 10.2 Å². The van der Waals surface area contributed by atoms with Gasteiger partial charge in [0.2, 0.25) is 0 Å². The van der Waals surface area contributed by atoms with Gasteiger partial charge >= 0.3 is 0 Å². The zero-order chi connectivity index (χ0) is 20.9. The first-order chi connectivity index (χ1) is 12.3. The summed E-state index contributed by atoms with van der Waals surface area (Å²) in [5.41, 5.74) is 3.26. The van der Waals surface area contributed by atoms with Crippen LogP contribution in [0.1, 0.15) is 79.4 Å². The Labute approximate surface area is 166 Å². The van der Waals surface area contributed by atoms with E-state index in [1.807, 2.05) is 24.3 Å². The van der Waals surface area contributed by atoms with Gasteiger partial charge in [-0.15, -0.1) is 0 Å². The first-order valence-electron chi connectivity index (χ1n) is 9.86. The van der Waals surface area contributed by atoms with Crippen LogP contribution < -0.4 is 0 Å². The second-order valence-electron chi connectivity index (χ2n) is 9.95. The Hall–Kier alpha value is -1.96. The Kier molecular flexibility index (Phi) is 7.54. The highest BCUT2D eigenvalue weighted by Gasteiger charge is 2.26. The number of benzene rings is 2. The third-order valence-corrected chi connectivity index (χ3v) is 5.15. The van der Waals surface area contributed by atoms with Gasteiger partial charge in [0.15, 0.2) is 0 Å². The molecule has 150 valence electrons. The zero-order valence-electron chi connectivity index (χ0n) is 18.4. The molecule has 0 fully saturated rings. The quantitative estimate of drug-likeness (QED) is 0.598. The van der Waals surface area contributed by atoms with Crippen LogP contribution in [0.3, 0.4) is 0 Å². The molecule has 0 saturated carbocycles. The number of phenols is 2. The molecule has 0 bridgehead atoms. The molecule has 0 amide bonds. The van der Waals surface area contributed by atoms with Gasteiger partial charge in [0.1, 0.15) is 11.5 Å². The van der Waals surface area contributed by atoms with Crippen molar-refractivity contribution >= 4 is 0 Å². The first-order valence-corrected chi connectivity index (χ1v) is 9.86. The van der Waals surface area contributed by atoms with Gasteiger partial charge in [-0.3, -0.25) is 0 Å². The molecule has 0 saturated heterocycles. The van der Waals surface area contributed by atoms with Crippen molar-refractivity contribution in [3.05, 3.63) is 59.7 Å². The average Bonchev–Trinajstić information content (AvgIpc) is 2.54. The van der Waals surface area contributed by atoms with Gasteiger partial charge in [-0.05, 0) is 64.5 Å². The van der Waals surface area contributed by atoms with E-state index >= 15 is 0 Å². The summed E-state index contributed by atoms with van der Waals surface area (Å²) in [4.78, 5) is 0. The van der Waals surface area contributed by atoms with Gasteiger partial charge < -0.3 is 10.2 Å². The molecule has 27 heavy (non-hydrogen) atoms. The normalized spacial score (nSPS) is 12.3. The van der Waals surface area contributed by atoms with E-state index in [4.69, 9.17) is 5.11 Å². The summed E-state index contributed by atoms with van der Waals surface area (Å²) in [5, 5.41) is 18.4. The largest absolute Gasteiger partial charge is 0.508 e. The molecule has 2 N–H and O–H groups in total. The lowest BCUT2D eigenvalue weighted by molar-refractivity contribution is 0.284. The summed E-state index contributed by atoms with van der Waals surface area (Å²) in [5.74, 6) is 0.677. The smallest absolute Gasteiger partial charge is 0.115 e. The molecule has 2 heteroatoms. The van der Waals surface area contributed by atoms with Crippen molar-refractivity contribution in [2.45, 2.75) is 79.1 Å².